The fourth-order valence-corrected chi connectivity index (χ4v) is 3.28. The van der Waals surface area contributed by atoms with Crippen LogP contribution >= 0.6 is 0 Å². The highest BCUT2D eigenvalue weighted by Crippen LogP contribution is 2.30. The van der Waals surface area contributed by atoms with Crippen LogP contribution in [0, 0.1) is 11.8 Å². The van der Waals surface area contributed by atoms with E-state index in [-0.39, 0.29) is 5.92 Å². The van der Waals surface area contributed by atoms with Crippen molar-refractivity contribution < 1.29 is 4.79 Å². The smallest absolute Gasteiger partial charge is 0.225 e. The zero-order chi connectivity index (χ0) is 12.1. The van der Waals surface area contributed by atoms with E-state index >= 15 is 0 Å². The monoisotopic (exact) mass is 238 g/mol. The molecule has 2 atom stereocenters. The van der Waals surface area contributed by atoms with Gasteiger partial charge in [0.25, 0.3) is 0 Å². The van der Waals surface area contributed by atoms with Gasteiger partial charge in [-0.2, -0.15) is 0 Å². The molecule has 0 radical (unpaired) electrons. The molecule has 0 aromatic carbocycles. The molecule has 3 nitrogen and oxygen atoms in total. The van der Waals surface area contributed by atoms with Gasteiger partial charge in [0.2, 0.25) is 5.91 Å². The Bertz CT molecular complexity index is 247. The van der Waals surface area contributed by atoms with Crippen molar-refractivity contribution in [2.24, 2.45) is 17.6 Å². The van der Waals surface area contributed by atoms with E-state index in [0.717, 1.165) is 32.5 Å². The number of nitrogens with zero attached hydrogens (tertiary/aromatic N) is 1. The van der Waals surface area contributed by atoms with E-state index < -0.39 is 0 Å². The van der Waals surface area contributed by atoms with Gasteiger partial charge in [0.1, 0.15) is 0 Å². The van der Waals surface area contributed by atoms with Crippen LogP contribution in [0.1, 0.15) is 51.4 Å². The lowest BCUT2D eigenvalue weighted by molar-refractivity contribution is -0.137. The number of likely N-dealkylation sites (tertiary alicyclic amines) is 1. The molecule has 2 unspecified atom stereocenters. The maximum absolute atomic E-state index is 12.5. The van der Waals surface area contributed by atoms with Crippen molar-refractivity contribution in [3.8, 4) is 0 Å². The predicted molar refractivity (Wildman–Crippen MR) is 69.6 cm³/mol. The van der Waals surface area contributed by atoms with Gasteiger partial charge in [0.15, 0.2) is 0 Å². The zero-order valence-corrected chi connectivity index (χ0v) is 10.9. The molecule has 1 aliphatic carbocycles. The molecule has 0 spiro atoms. The van der Waals surface area contributed by atoms with Crippen LogP contribution in [0.5, 0.6) is 0 Å². The summed E-state index contributed by atoms with van der Waals surface area (Å²) in [6.07, 6.45) is 9.50. The van der Waals surface area contributed by atoms with Gasteiger partial charge >= 0.3 is 0 Å². The number of rotatable bonds is 2. The van der Waals surface area contributed by atoms with E-state index in [1.54, 1.807) is 0 Å². The molecule has 2 aliphatic rings. The van der Waals surface area contributed by atoms with Gasteiger partial charge in [0, 0.05) is 19.0 Å². The van der Waals surface area contributed by atoms with Gasteiger partial charge in [-0.05, 0) is 44.6 Å². The molecule has 1 aliphatic heterocycles. The third kappa shape index (κ3) is 3.44. The molecule has 0 aromatic rings. The van der Waals surface area contributed by atoms with Crippen LogP contribution in [0.4, 0.5) is 0 Å². The van der Waals surface area contributed by atoms with E-state index in [2.05, 4.69) is 4.90 Å². The van der Waals surface area contributed by atoms with E-state index in [1.807, 2.05) is 0 Å². The molecule has 2 rings (SSSR count). The molecular weight excluding hydrogens is 212 g/mol. The summed E-state index contributed by atoms with van der Waals surface area (Å²) in [5, 5.41) is 0. The highest BCUT2D eigenvalue weighted by molar-refractivity contribution is 5.79. The Kier molecular flexibility index (Phi) is 4.84. The lowest BCUT2D eigenvalue weighted by Crippen LogP contribution is -2.39. The molecule has 2 fully saturated rings. The second kappa shape index (κ2) is 6.39. The molecule has 1 saturated heterocycles. The van der Waals surface area contributed by atoms with E-state index in [0.29, 0.717) is 11.8 Å². The molecule has 3 heteroatoms. The highest BCUT2D eigenvalue weighted by Gasteiger charge is 2.29. The van der Waals surface area contributed by atoms with Crippen molar-refractivity contribution >= 4 is 5.91 Å². The zero-order valence-electron chi connectivity index (χ0n) is 10.9. The first-order valence-electron chi connectivity index (χ1n) is 7.30. The third-order valence-electron chi connectivity index (χ3n) is 4.38. The minimum absolute atomic E-state index is 0.274. The summed E-state index contributed by atoms with van der Waals surface area (Å²) in [5.74, 6) is 1.28. The molecule has 17 heavy (non-hydrogen) atoms. The lowest BCUT2D eigenvalue weighted by Gasteiger charge is -2.31. The van der Waals surface area contributed by atoms with Crippen molar-refractivity contribution in [2.45, 2.75) is 51.4 Å². The van der Waals surface area contributed by atoms with Crippen LogP contribution in [0.3, 0.4) is 0 Å². The first-order valence-corrected chi connectivity index (χ1v) is 7.30. The minimum Gasteiger partial charge on any atom is -0.342 e. The van der Waals surface area contributed by atoms with Crippen LogP contribution in [0.2, 0.25) is 0 Å². The third-order valence-corrected chi connectivity index (χ3v) is 4.38. The highest BCUT2D eigenvalue weighted by atomic mass is 16.2. The molecule has 1 saturated carbocycles. The number of hydrogen-bond acceptors (Lipinski definition) is 2. The number of carbonyl (C=O) groups is 1. The largest absolute Gasteiger partial charge is 0.342 e. The Morgan fingerprint density at radius 1 is 1.06 bits per heavy atom. The van der Waals surface area contributed by atoms with E-state index in [4.69, 9.17) is 5.73 Å². The number of hydrogen-bond donors (Lipinski definition) is 1. The van der Waals surface area contributed by atoms with Gasteiger partial charge < -0.3 is 10.6 Å². The first-order chi connectivity index (χ1) is 8.31. The van der Waals surface area contributed by atoms with Crippen molar-refractivity contribution in [3.05, 3.63) is 0 Å². The van der Waals surface area contributed by atoms with Crippen LogP contribution in [-0.4, -0.2) is 30.4 Å². The quantitative estimate of drug-likeness (QED) is 0.801. The number of nitrogens with two attached hydrogens (primary N) is 1. The average Bonchev–Trinajstić information content (AvgIpc) is 2.67. The molecule has 1 amide bonds. The summed E-state index contributed by atoms with van der Waals surface area (Å²) in [4.78, 5) is 14.6. The molecule has 0 bridgehead atoms. The van der Waals surface area contributed by atoms with Crippen molar-refractivity contribution in [1.29, 1.82) is 0 Å². The average molecular weight is 238 g/mol. The Hall–Kier alpha value is -0.570. The van der Waals surface area contributed by atoms with Crippen LogP contribution in [0.15, 0.2) is 0 Å². The molecule has 0 aromatic heterocycles. The summed E-state index contributed by atoms with van der Waals surface area (Å²) < 4.78 is 0. The maximum atomic E-state index is 12.5. The SMILES string of the molecule is NCC1CCCC(C(=O)N2CCCCCC2)C1. The van der Waals surface area contributed by atoms with Crippen molar-refractivity contribution in [3.63, 3.8) is 0 Å². The Morgan fingerprint density at radius 2 is 1.76 bits per heavy atom. The van der Waals surface area contributed by atoms with Crippen LogP contribution < -0.4 is 5.73 Å². The van der Waals surface area contributed by atoms with E-state index in [9.17, 15) is 4.79 Å². The van der Waals surface area contributed by atoms with Gasteiger partial charge in [-0.25, -0.2) is 0 Å². The topological polar surface area (TPSA) is 46.3 Å². The van der Waals surface area contributed by atoms with E-state index in [1.165, 1.54) is 38.5 Å². The van der Waals surface area contributed by atoms with Gasteiger partial charge in [-0.3, -0.25) is 4.79 Å². The second-order valence-electron chi connectivity index (χ2n) is 5.70. The second-order valence-corrected chi connectivity index (χ2v) is 5.70. The normalized spacial score (nSPS) is 31.0. The number of amides is 1. The van der Waals surface area contributed by atoms with Crippen LogP contribution in [-0.2, 0) is 4.79 Å². The van der Waals surface area contributed by atoms with Gasteiger partial charge in [0.05, 0.1) is 0 Å². The Morgan fingerprint density at radius 3 is 2.41 bits per heavy atom. The molecule has 1 heterocycles. The standard InChI is InChI=1S/C14H26N2O/c15-11-12-6-5-7-13(10-12)14(17)16-8-3-1-2-4-9-16/h12-13H,1-11,15H2. The van der Waals surface area contributed by atoms with Gasteiger partial charge in [-0.1, -0.05) is 19.3 Å². The lowest BCUT2D eigenvalue weighted by atomic mass is 9.80. The Labute approximate surface area is 105 Å². The maximum Gasteiger partial charge on any atom is 0.225 e. The number of carbonyl (C=O) groups excluding carboxylic acids is 1. The van der Waals surface area contributed by atoms with Crippen molar-refractivity contribution in [2.75, 3.05) is 19.6 Å². The van der Waals surface area contributed by atoms with Gasteiger partial charge in [-0.15, -0.1) is 0 Å². The summed E-state index contributed by atoms with van der Waals surface area (Å²) in [7, 11) is 0. The summed E-state index contributed by atoms with van der Waals surface area (Å²) in [6.45, 7) is 2.73. The van der Waals surface area contributed by atoms with Crippen molar-refractivity contribution in [1.82, 2.24) is 4.90 Å². The molecular formula is C14H26N2O. The fraction of sp³-hybridized carbons (Fsp3) is 0.929. The van der Waals surface area contributed by atoms with Crippen LogP contribution in [0.25, 0.3) is 0 Å². The Balaban J connectivity index is 1.89. The summed E-state index contributed by atoms with van der Waals surface area (Å²) >= 11 is 0. The molecule has 2 N–H and O–H groups in total. The first kappa shape index (κ1) is 12.9. The summed E-state index contributed by atoms with van der Waals surface area (Å²) in [5.41, 5.74) is 5.74. The fourth-order valence-electron chi connectivity index (χ4n) is 3.28. The molecule has 98 valence electrons. The predicted octanol–water partition coefficient (Wildman–Crippen LogP) is 2.15. The minimum atomic E-state index is 0.274. The summed E-state index contributed by atoms with van der Waals surface area (Å²) in [6, 6.07) is 0.